The van der Waals surface area contributed by atoms with Gasteiger partial charge in [-0.3, -0.25) is 4.79 Å². The van der Waals surface area contributed by atoms with Crippen LogP contribution in [0.1, 0.15) is 10.5 Å². The van der Waals surface area contributed by atoms with Crippen molar-refractivity contribution in [2.75, 3.05) is 5.32 Å². The molecule has 88 valence electrons. The maximum Gasteiger partial charge on any atom is 0.275 e. The van der Waals surface area contributed by atoms with Gasteiger partial charge in [-0.05, 0) is 40.8 Å². The number of nitrogens with zero attached hydrogens (tertiary/aromatic N) is 2. The van der Waals surface area contributed by atoms with Crippen LogP contribution in [-0.2, 0) is 7.05 Å². The van der Waals surface area contributed by atoms with Crippen molar-refractivity contribution in [3.63, 3.8) is 0 Å². The molecule has 0 atom stereocenters. The van der Waals surface area contributed by atoms with Crippen LogP contribution in [0.3, 0.4) is 0 Å². The first-order valence-corrected chi connectivity index (χ1v) is 6.26. The van der Waals surface area contributed by atoms with E-state index in [1.54, 1.807) is 35.3 Å². The van der Waals surface area contributed by atoms with Gasteiger partial charge in [0.25, 0.3) is 5.91 Å². The third-order valence-corrected chi connectivity index (χ3v) is 3.24. The minimum absolute atomic E-state index is 0.231. The molecule has 0 aliphatic rings. The van der Waals surface area contributed by atoms with Crippen molar-refractivity contribution in [1.29, 1.82) is 0 Å². The number of benzene rings is 1. The molecule has 1 aromatic carbocycles. The van der Waals surface area contributed by atoms with Crippen molar-refractivity contribution >= 4 is 45.8 Å². The number of rotatable bonds is 2. The van der Waals surface area contributed by atoms with Crippen LogP contribution < -0.4 is 5.32 Å². The van der Waals surface area contributed by atoms with Crippen molar-refractivity contribution in [2.24, 2.45) is 7.05 Å². The first kappa shape index (κ1) is 12.4. The van der Waals surface area contributed by atoms with Crippen LogP contribution in [-0.4, -0.2) is 15.5 Å². The second kappa shape index (κ2) is 5.05. The molecule has 4 nitrogen and oxygen atoms in total. The molecule has 1 aromatic heterocycles. The first-order chi connectivity index (χ1) is 8.06. The van der Waals surface area contributed by atoms with Crippen molar-refractivity contribution in [2.45, 2.75) is 0 Å². The summed E-state index contributed by atoms with van der Waals surface area (Å²) < 4.78 is 2.61. The zero-order chi connectivity index (χ0) is 12.4. The lowest BCUT2D eigenvalue weighted by atomic mass is 10.3. The summed E-state index contributed by atoms with van der Waals surface area (Å²) in [6, 6.07) is 5.29. The van der Waals surface area contributed by atoms with Crippen LogP contribution in [0.4, 0.5) is 5.69 Å². The number of hydrogen-bond acceptors (Lipinski definition) is 2. The van der Waals surface area contributed by atoms with Crippen LogP contribution in [0.15, 0.2) is 30.7 Å². The average molecular weight is 362 g/mol. The van der Waals surface area contributed by atoms with Crippen molar-refractivity contribution in [3.05, 3.63) is 45.0 Å². The van der Waals surface area contributed by atoms with E-state index in [1.807, 2.05) is 7.05 Å². The molecule has 17 heavy (non-hydrogen) atoms. The van der Waals surface area contributed by atoms with Crippen molar-refractivity contribution in [1.82, 2.24) is 9.55 Å². The van der Waals surface area contributed by atoms with Crippen molar-refractivity contribution in [3.8, 4) is 0 Å². The summed E-state index contributed by atoms with van der Waals surface area (Å²) in [5, 5.41) is 3.43. The Morgan fingerprint density at radius 2 is 2.29 bits per heavy atom. The van der Waals surface area contributed by atoms with Crippen LogP contribution in [0, 0.1) is 3.57 Å². The van der Waals surface area contributed by atoms with Crippen LogP contribution in [0.25, 0.3) is 0 Å². The Balaban J connectivity index is 2.18. The van der Waals surface area contributed by atoms with Gasteiger partial charge in [-0.15, -0.1) is 0 Å². The van der Waals surface area contributed by atoms with Gasteiger partial charge in [0.2, 0.25) is 0 Å². The Morgan fingerprint density at radius 3 is 2.88 bits per heavy atom. The van der Waals surface area contributed by atoms with E-state index in [2.05, 4.69) is 32.9 Å². The predicted molar refractivity (Wildman–Crippen MR) is 75.3 cm³/mol. The van der Waals surface area contributed by atoms with E-state index < -0.39 is 0 Å². The van der Waals surface area contributed by atoms with E-state index in [1.165, 1.54) is 0 Å². The molecule has 0 fully saturated rings. The summed E-state index contributed by atoms with van der Waals surface area (Å²) in [6.45, 7) is 0. The van der Waals surface area contributed by atoms with Gasteiger partial charge in [-0.1, -0.05) is 11.6 Å². The van der Waals surface area contributed by atoms with E-state index in [-0.39, 0.29) is 5.91 Å². The van der Waals surface area contributed by atoms with E-state index >= 15 is 0 Å². The Morgan fingerprint density at radius 1 is 1.53 bits per heavy atom. The summed E-state index contributed by atoms with van der Waals surface area (Å²) in [5.74, 6) is -0.231. The number of anilines is 1. The van der Waals surface area contributed by atoms with Gasteiger partial charge < -0.3 is 9.88 Å². The molecule has 2 rings (SSSR count). The van der Waals surface area contributed by atoms with Gasteiger partial charge in [-0.2, -0.15) is 0 Å². The molecule has 0 saturated carbocycles. The molecule has 2 aromatic rings. The fourth-order valence-electron chi connectivity index (χ4n) is 1.31. The van der Waals surface area contributed by atoms with Crippen molar-refractivity contribution < 1.29 is 4.79 Å². The lowest BCUT2D eigenvalue weighted by molar-refractivity contribution is 0.102. The zero-order valence-electron chi connectivity index (χ0n) is 8.95. The smallest absolute Gasteiger partial charge is 0.275 e. The van der Waals surface area contributed by atoms with E-state index in [0.717, 1.165) is 9.26 Å². The van der Waals surface area contributed by atoms with Crippen LogP contribution in [0.2, 0.25) is 5.02 Å². The van der Waals surface area contributed by atoms with Gasteiger partial charge in [0.15, 0.2) is 0 Å². The monoisotopic (exact) mass is 361 g/mol. The summed E-state index contributed by atoms with van der Waals surface area (Å²) in [7, 11) is 1.82. The summed E-state index contributed by atoms with van der Waals surface area (Å²) >= 11 is 7.96. The number of carbonyl (C=O) groups excluding carboxylic acids is 1. The highest BCUT2D eigenvalue weighted by atomic mass is 127. The fraction of sp³-hybridized carbons (Fsp3) is 0.0909. The standard InChI is InChI=1S/C11H9ClIN3O/c1-16-5-10(14-6-16)11(17)15-9-3-2-7(12)4-8(9)13/h2-6H,1H3,(H,15,17). The topological polar surface area (TPSA) is 46.9 Å². The third-order valence-electron chi connectivity index (χ3n) is 2.12. The maximum atomic E-state index is 11.8. The van der Waals surface area contributed by atoms with Gasteiger partial charge in [0, 0.05) is 21.8 Å². The molecule has 0 aliphatic carbocycles. The largest absolute Gasteiger partial charge is 0.340 e. The van der Waals surface area contributed by atoms with E-state index in [4.69, 9.17) is 11.6 Å². The average Bonchev–Trinajstić information content (AvgIpc) is 2.69. The normalized spacial score (nSPS) is 10.3. The second-order valence-electron chi connectivity index (χ2n) is 3.50. The third kappa shape index (κ3) is 2.98. The number of hydrogen-bond donors (Lipinski definition) is 1. The SMILES string of the molecule is Cn1cnc(C(=O)Nc2ccc(Cl)cc2I)c1. The molecule has 0 bridgehead atoms. The Bertz CT molecular complexity index is 568. The molecule has 0 aliphatic heterocycles. The molecule has 1 heterocycles. The molecule has 0 radical (unpaired) electrons. The zero-order valence-corrected chi connectivity index (χ0v) is 11.9. The molecule has 0 spiro atoms. The number of amides is 1. The van der Waals surface area contributed by atoms with Gasteiger partial charge in [-0.25, -0.2) is 4.98 Å². The molecule has 1 N–H and O–H groups in total. The number of nitrogens with one attached hydrogen (secondary N) is 1. The minimum Gasteiger partial charge on any atom is -0.340 e. The Hall–Kier alpha value is -1.08. The first-order valence-electron chi connectivity index (χ1n) is 4.80. The van der Waals surface area contributed by atoms with Crippen LogP contribution in [0.5, 0.6) is 0 Å². The minimum atomic E-state index is -0.231. The van der Waals surface area contributed by atoms with E-state index in [9.17, 15) is 4.79 Å². The predicted octanol–water partition coefficient (Wildman–Crippen LogP) is 2.93. The molecular weight excluding hydrogens is 352 g/mol. The van der Waals surface area contributed by atoms with Gasteiger partial charge >= 0.3 is 0 Å². The lowest BCUT2D eigenvalue weighted by Crippen LogP contribution is -2.13. The molecular formula is C11H9ClIN3O. The number of carbonyl (C=O) groups is 1. The molecule has 0 unspecified atom stereocenters. The molecule has 0 saturated heterocycles. The van der Waals surface area contributed by atoms with Crippen LogP contribution >= 0.6 is 34.2 Å². The highest BCUT2D eigenvalue weighted by Crippen LogP contribution is 2.22. The number of imidazole rings is 1. The molecule has 1 amide bonds. The highest BCUT2D eigenvalue weighted by molar-refractivity contribution is 14.1. The lowest BCUT2D eigenvalue weighted by Gasteiger charge is -2.05. The van der Waals surface area contributed by atoms with Gasteiger partial charge in [0.1, 0.15) is 5.69 Å². The Labute approximate surface area is 117 Å². The highest BCUT2D eigenvalue weighted by Gasteiger charge is 2.10. The quantitative estimate of drug-likeness (QED) is 0.836. The van der Waals surface area contributed by atoms with Gasteiger partial charge in [0.05, 0.1) is 12.0 Å². The number of halogens is 2. The summed E-state index contributed by atoms with van der Waals surface area (Å²) in [4.78, 5) is 15.8. The van der Waals surface area contributed by atoms with E-state index in [0.29, 0.717) is 10.7 Å². The number of aryl methyl sites for hydroxylation is 1. The maximum absolute atomic E-state index is 11.8. The summed E-state index contributed by atoms with van der Waals surface area (Å²) in [5.41, 5.74) is 1.11. The summed E-state index contributed by atoms with van der Waals surface area (Å²) in [6.07, 6.45) is 3.25. The Kier molecular flexibility index (Phi) is 3.68. The fourth-order valence-corrected chi connectivity index (χ4v) is 2.31. The second-order valence-corrected chi connectivity index (χ2v) is 5.10. The molecule has 6 heteroatoms. The number of aromatic nitrogens is 2.